The minimum Gasteiger partial charge on any atom is -0.395 e. The summed E-state index contributed by atoms with van der Waals surface area (Å²) in [5.74, 6) is 0.455. The number of aliphatic hydroxyl groups excluding tert-OH is 1. The van der Waals surface area contributed by atoms with Crippen LogP contribution in [-0.2, 0) is 9.84 Å². The highest BCUT2D eigenvalue weighted by atomic mass is 32.2. The molecule has 0 spiro atoms. The van der Waals surface area contributed by atoms with Crippen LogP contribution >= 0.6 is 0 Å². The Morgan fingerprint density at radius 3 is 2.58 bits per heavy atom. The average Bonchev–Trinajstić information content (AvgIpc) is 2.53. The first-order valence-corrected chi connectivity index (χ1v) is 9.76. The highest BCUT2D eigenvalue weighted by molar-refractivity contribution is 7.90. The lowest BCUT2D eigenvalue weighted by atomic mass is 9.97. The molecule has 0 aromatic heterocycles. The van der Waals surface area contributed by atoms with Crippen molar-refractivity contribution in [2.75, 3.05) is 44.4 Å². The molecule has 0 saturated carbocycles. The number of piperidine rings is 1. The first-order valence-electron chi connectivity index (χ1n) is 7.87. The SMILES string of the molecule is CS(=O)(=O)c1cc(NCC2CCN(CCO)CC2)ccc1[N+](=O)[O-]. The predicted molar refractivity (Wildman–Crippen MR) is 90.9 cm³/mol. The Bertz CT molecular complexity index is 684. The molecule has 0 bridgehead atoms. The molecule has 1 aliphatic rings. The van der Waals surface area contributed by atoms with Crippen LogP contribution in [0.4, 0.5) is 11.4 Å². The number of rotatable bonds is 7. The highest BCUT2D eigenvalue weighted by Gasteiger charge is 2.23. The van der Waals surface area contributed by atoms with Crippen LogP contribution in [-0.4, -0.2) is 62.4 Å². The lowest BCUT2D eigenvalue weighted by molar-refractivity contribution is -0.387. The number of nitro benzene ring substituents is 1. The monoisotopic (exact) mass is 357 g/mol. The number of β-amino-alcohol motifs (C(OH)–C–C–N with tert-alkyl or cyclic N) is 1. The van der Waals surface area contributed by atoms with Crippen LogP contribution in [0, 0.1) is 16.0 Å². The van der Waals surface area contributed by atoms with Gasteiger partial charge < -0.3 is 15.3 Å². The van der Waals surface area contributed by atoms with Crippen LogP contribution in [0.5, 0.6) is 0 Å². The second-order valence-corrected chi connectivity index (χ2v) is 8.09. The van der Waals surface area contributed by atoms with Gasteiger partial charge >= 0.3 is 0 Å². The van der Waals surface area contributed by atoms with Crippen molar-refractivity contribution in [1.29, 1.82) is 0 Å². The Hall–Kier alpha value is -1.71. The summed E-state index contributed by atoms with van der Waals surface area (Å²) < 4.78 is 23.5. The van der Waals surface area contributed by atoms with Crippen LogP contribution in [0.2, 0.25) is 0 Å². The van der Waals surface area contributed by atoms with Gasteiger partial charge in [-0.25, -0.2) is 8.42 Å². The van der Waals surface area contributed by atoms with Gasteiger partial charge in [0.15, 0.2) is 9.84 Å². The van der Waals surface area contributed by atoms with Crippen LogP contribution in [0.25, 0.3) is 0 Å². The van der Waals surface area contributed by atoms with Crippen molar-refractivity contribution in [3.05, 3.63) is 28.3 Å². The molecule has 9 heteroatoms. The minimum atomic E-state index is -3.67. The van der Waals surface area contributed by atoms with E-state index in [1.807, 2.05) is 0 Å². The number of benzene rings is 1. The molecule has 1 heterocycles. The fourth-order valence-electron chi connectivity index (χ4n) is 2.89. The van der Waals surface area contributed by atoms with Crippen LogP contribution in [0.3, 0.4) is 0 Å². The summed E-state index contributed by atoms with van der Waals surface area (Å²) >= 11 is 0. The molecule has 0 aliphatic carbocycles. The molecular formula is C15H23N3O5S. The van der Waals surface area contributed by atoms with Gasteiger partial charge in [0.1, 0.15) is 4.90 Å². The van der Waals surface area contributed by atoms with Crippen molar-refractivity contribution in [2.45, 2.75) is 17.7 Å². The van der Waals surface area contributed by atoms with Crippen molar-refractivity contribution >= 4 is 21.2 Å². The molecule has 134 valence electrons. The van der Waals surface area contributed by atoms with Gasteiger partial charge in [0.2, 0.25) is 0 Å². The van der Waals surface area contributed by atoms with Crippen LogP contribution < -0.4 is 5.32 Å². The topological polar surface area (TPSA) is 113 Å². The number of hydrogen-bond donors (Lipinski definition) is 2. The number of sulfone groups is 1. The van der Waals surface area contributed by atoms with Gasteiger partial charge in [0.25, 0.3) is 5.69 Å². The smallest absolute Gasteiger partial charge is 0.288 e. The Kier molecular flexibility index (Phi) is 6.14. The largest absolute Gasteiger partial charge is 0.395 e. The molecule has 1 saturated heterocycles. The zero-order valence-corrected chi connectivity index (χ0v) is 14.5. The first kappa shape index (κ1) is 18.6. The third kappa shape index (κ3) is 4.89. The molecule has 0 radical (unpaired) electrons. The van der Waals surface area contributed by atoms with E-state index in [1.165, 1.54) is 18.2 Å². The van der Waals surface area contributed by atoms with E-state index in [9.17, 15) is 18.5 Å². The molecule has 0 unspecified atom stereocenters. The number of anilines is 1. The molecule has 0 atom stereocenters. The van der Waals surface area contributed by atoms with Gasteiger partial charge in [-0.15, -0.1) is 0 Å². The molecule has 1 aromatic rings. The van der Waals surface area contributed by atoms with Gasteiger partial charge in [-0.2, -0.15) is 0 Å². The maximum Gasteiger partial charge on any atom is 0.288 e. The number of hydrogen-bond acceptors (Lipinski definition) is 7. The van der Waals surface area contributed by atoms with E-state index in [0.717, 1.165) is 32.2 Å². The summed E-state index contributed by atoms with van der Waals surface area (Å²) in [5.41, 5.74) is 0.166. The number of nitrogens with zero attached hydrogens (tertiary/aromatic N) is 2. The molecule has 0 amide bonds. The second-order valence-electron chi connectivity index (χ2n) is 6.10. The summed E-state index contributed by atoms with van der Waals surface area (Å²) in [6, 6.07) is 4.09. The number of aliphatic hydroxyl groups is 1. The molecule has 1 fully saturated rings. The minimum absolute atomic E-state index is 0.167. The zero-order valence-electron chi connectivity index (χ0n) is 13.6. The molecule has 2 N–H and O–H groups in total. The Morgan fingerprint density at radius 2 is 2.04 bits per heavy atom. The quantitative estimate of drug-likeness (QED) is 0.555. The normalized spacial score (nSPS) is 16.9. The summed E-state index contributed by atoms with van der Waals surface area (Å²) in [4.78, 5) is 12.2. The average molecular weight is 357 g/mol. The Morgan fingerprint density at radius 1 is 1.38 bits per heavy atom. The standard InChI is InChI=1S/C15H23N3O5S/c1-24(22,23)15-10-13(2-3-14(15)18(20)21)16-11-12-4-6-17(7-5-12)8-9-19/h2-3,10,12,16,19H,4-9,11H2,1H3. The van der Waals surface area contributed by atoms with E-state index in [-0.39, 0.29) is 11.5 Å². The summed E-state index contributed by atoms with van der Waals surface area (Å²) in [5, 5.41) is 23.1. The summed E-state index contributed by atoms with van der Waals surface area (Å²) in [6.07, 6.45) is 2.97. The summed E-state index contributed by atoms with van der Waals surface area (Å²) in [6.45, 7) is 3.41. The van der Waals surface area contributed by atoms with E-state index >= 15 is 0 Å². The predicted octanol–water partition coefficient (Wildman–Crippen LogP) is 1.11. The number of likely N-dealkylation sites (tertiary alicyclic amines) is 1. The van der Waals surface area contributed by atoms with E-state index in [2.05, 4.69) is 10.2 Å². The van der Waals surface area contributed by atoms with Gasteiger partial charge in [0, 0.05) is 31.1 Å². The highest BCUT2D eigenvalue weighted by Crippen LogP contribution is 2.27. The van der Waals surface area contributed by atoms with Crippen LogP contribution in [0.15, 0.2) is 23.1 Å². The maximum atomic E-state index is 11.8. The third-order valence-corrected chi connectivity index (χ3v) is 5.40. The van der Waals surface area contributed by atoms with Crippen molar-refractivity contribution in [1.82, 2.24) is 4.90 Å². The van der Waals surface area contributed by atoms with E-state index in [0.29, 0.717) is 24.7 Å². The number of nitrogens with one attached hydrogen (secondary N) is 1. The van der Waals surface area contributed by atoms with Crippen molar-refractivity contribution in [3.8, 4) is 0 Å². The number of nitro groups is 1. The molecule has 1 aromatic carbocycles. The molecular weight excluding hydrogens is 334 g/mol. The van der Waals surface area contributed by atoms with Gasteiger partial charge in [0.05, 0.1) is 11.5 Å². The fourth-order valence-corrected chi connectivity index (χ4v) is 3.75. The van der Waals surface area contributed by atoms with Crippen molar-refractivity contribution in [3.63, 3.8) is 0 Å². The van der Waals surface area contributed by atoms with E-state index in [4.69, 9.17) is 5.11 Å². The van der Waals surface area contributed by atoms with E-state index in [1.54, 1.807) is 0 Å². The van der Waals surface area contributed by atoms with E-state index < -0.39 is 20.4 Å². The lowest BCUT2D eigenvalue weighted by Gasteiger charge is -2.31. The molecule has 2 rings (SSSR count). The van der Waals surface area contributed by atoms with Crippen molar-refractivity contribution < 1.29 is 18.4 Å². The van der Waals surface area contributed by atoms with Gasteiger partial charge in [-0.1, -0.05) is 0 Å². The van der Waals surface area contributed by atoms with Gasteiger partial charge in [-0.3, -0.25) is 10.1 Å². The lowest BCUT2D eigenvalue weighted by Crippen LogP contribution is -2.37. The van der Waals surface area contributed by atoms with Gasteiger partial charge in [-0.05, 0) is 44.0 Å². The Labute approximate surface area is 141 Å². The fraction of sp³-hybridized carbons (Fsp3) is 0.600. The first-order chi connectivity index (χ1) is 11.3. The summed E-state index contributed by atoms with van der Waals surface area (Å²) in [7, 11) is -3.67. The molecule has 1 aliphatic heterocycles. The molecule has 24 heavy (non-hydrogen) atoms. The third-order valence-electron chi connectivity index (χ3n) is 4.27. The van der Waals surface area contributed by atoms with Crippen molar-refractivity contribution in [2.24, 2.45) is 5.92 Å². The second kappa shape index (κ2) is 7.91. The maximum absolute atomic E-state index is 11.8. The van der Waals surface area contributed by atoms with Crippen LogP contribution in [0.1, 0.15) is 12.8 Å². The molecule has 8 nitrogen and oxygen atoms in total. The zero-order chi connectivity index (χ0) is 17.7. The Balaban J connectivity index is 2.00.